The van der Waals surface area contributed by atoms with Gasteiger partial charge in [-0.2, -0.15) is 0 Å². The molecule has 26 heavy (non-hydrogen) atoms. The largest absolute Gasteiger partial charge is 0.366 e. The Balaban J connectivity index is 0.00000243. The van der Waals surface area contributed by atoms with Crippen molar-refractivity contribution in [1.29, 1.82) is 0 Å². The van der Waals surface area contributed by atoms with Gasteiger partial charge in [0.15, 0.2) is 0 Å². The molecule has 6 nitrogen and oxygen atoms in total. The van der Waals surface area contributed by atoms with Crippen LogP contribution in [0, 0.1) is 0 Å². The number of rotatable bonds is 4. The number of anilines is 1. The van der Waals surface area contributed by atoms with Crippen molar-refractivity contribution in [3.05, 3.63) is 28.8 Å². The van der Waals surface area contributed by atoms with Crippen LogP contribution < -0.4 is 16.0 Å². The Kier molecular flexibility index (Phi) is 8.15. The Bertz CT molecular complexity index is 630. The first kappa shape index (κ1) is 21.0. The summed E-state index contributed by atoms with van der Waals surface area (Å²) in [6, 6.07) is 5.15. The van der Waals surface area contributed by atoms with Crippen LogP contribution in [0.5, 0.6) is 0 Å². The highest BCUT2D eigenvalue weighted by molar-refractivity contribution is 6.34. The lowest BCUT2D eigenvalue weighted by Gasteiger charge is -2.24. The Morgan fingerprint density at radius 1 is 1.19 bits per heavy atom. The average Bonchev–Trinajstić information content (AvgIpc) is 2.64. The summed E-state index contributed by atoms with van der Waals surface area (Å²) >= 11 is 6.19. The summed E-state index contributed by atoms with van der Waals surface area (Å²) < 4.78 is 5.43. The average molecular weight is 402 g/mol. The highest BCUT2D eigenvalue weighted by Crippen LogP contribution is 2.23. The van der Waals surface area contributed by atoms with Crippen LogP contribution in [-0.2, 0) is 9.53 Å². The number of hydrogen-bond donors (Lipinski definition) is 3. The van der Waals surface area contributed by atoms with Crippen LogP contribution in [0.1, 0.15) is 42.5 Å². The minimum Gasteiger partial charge on any atom is -0.366 e. The summed E-state index contributed by atoms with van der Waals surface area (Å²) in [6.07, 6.45) is 5.00. The molecule has 0 radical (unpaired) electrons. The lowest BCUT2D eigenvalue weighted by atomic mass is 9.95. The fraction of sp³-hybridized carbons (Fsp3) is 0.556. The van der Waals surface area contributed by atoms with E-state index in [2.05, 4.69) is 16.0 Å². The van der Waals surface area contributed by atoms with Crippen molar-refractivity contribution in [2.75, 3.05) is 25.0 Å². The van der Waals surface area contributed by atoms with Crippen molar-refractivity contribution in [3.63, 3.8) is 0 Å². The van der Waals surface area contributed by atoms with Gasteiger partial charge in [-0.1, -0.05) is 30.9 Å². The predicted octanol–water partition coefficient (Wildman–Crippen LogP) is 2.75. The molecule has 3 N–H and O–H groups in total. The summed E-state index contributed by atoms with van der Waals surface area (Å²) in [5, 5.41) is 9.34. The van der Waals surface area contributed by atoms with E-state index < -0.39 is 6.10 Å². The molecule has 1 saturated carbocycles. The molecule has 0 bridgehead atoms. The van der Waals surface area contributed by atoms with Crippen LogP contribution in [0.4, 0.5) is 5.69 Å². The van der Waals surface area contributed by atoms with Crippen LogP contribution in [0.3, 0.4) is 0 Å². The van der Waals surface area contributed by atoms with Crippen molar-refractivity contribution in [2.45, 2.75) is 44.2 Å². The molecule has 0 spiro atoms. The van der Waals surface area contributed by atoms with E-state index >= 15 is 0 Å². The highest BCUT2D eigenvalue weighted by Gasteiger charge is 2.23. The van der Waals surface area contributed by atoms with Crippen molar-refractivity contribution in [1.82, 2.24) is 10.6 Å². The van der Waals surface area contributed by atoms with Crippen molar-refractivity contribution in [2.24, 2.45) is 0 Å². The summed E-state index contributed by atoms with van der Waals surface area (Å²) in [5.74, 6) is -0.420. The number of hydrogen-bond acceptors (Lipinski definition) is 4. The van der Waals surface area contributed by atoms with Gasteiger partial charge in [0.25, 0.3) is 11.8 Å². The van der Waals surface area contributed by atoms with E-state index in [0.717, 1.165) is 32.2 Å². The zero-order chi connectivity index (χ0) is 17.6. The smallest absolute Gasteiger partial charge is 0.254 e. The predicted molar refractivity (Wildman–Crippen MR) is 104 cm³/mol. The van der Waals surface area contributed by atoms with Gasteiger partial charge in [-0.15, -0.1) is 12.4 Å². The van der Waals surface area contributed by atoms with Gasteiger partial charge in [0.05, 0.1) is 17.2 Å². The molecule has 0 aromatic heterocycles. The van der Waals surface area contributed by atoms with Crippen LogP contribution >= 0.6 is 24.0 Å². The number of carbonyl (C=O) groups is 2. The Morgan fingerprint density at radius 2 is 1.96 bits per heavy atom. The Labute approximate surface area is 164 Å². The minimum atomic E-state index is -0.524. The molecule has 1 atom stereocenters. The van der Waals surface area contributed by atoms with E-state index in [1.807, 2.05) is 0 Å². The van der Waals surface area contributed by atoms with Gasteiger partial charge in [0, 0.05) is 24.8 Å². The summed E-state index contributed by atoms with van der Waals surface area (Å²) in [7, 11) is 0. The fourth-order valence-corrected chi connectivity index (χ4v) is 3.45. The molecular weight excluding hydrogens is 377 g/mol. The SMILES string of the molecule is Cl.O=C(NC1CCCCC1)c1cc(NC(=O)C2CNCCO2)ccc1Cl. The molecule has 1 aliphatic heterocycles. The first-order valence-electron chi connectivity index (χ1n) is 8.87. The minimum absolute atomic E-state index is 0. The molecule has 2 fully saturated rings. The zero-order valence-electron chi connectivity index (χ0n) is 14.6. The lowest BCUT2D eigenvalue weighted by molar-refractivity contribution is -0.128. The second-order valence-corrected chi connectivity index (χ2v) is 6.96. The second kappa shape index (κ2) is 10.1. The van der Waals surface area contributed by atoms with E-state index in [0.29, 0.717) is 29.4 Å². The molecule has 2 aliphatic rings. The van der Waals surface area contributed by atoms with Crippen LogP contribution in [0.25, 0.3) is 0 Å². The standard InChI is InChI=1S/C18H24ClN3O3.ClH/c19-15-7-6-13(22-18(24)16-11-20-8-9-25-16)10-14(15)17(23)21-12-4-2-1-3-5-12;/h6-7,10,12,16,20H,1-5,8-9,11H2,(H,21,23)(H,22,24);1H. The number of nitrogens with one attached hydrogen (secondary N) is 3. The summed E-state index contributed by atoms with van der Waals surface area (Å²) in [4.78, 5) is 24.8. The van der Waals surface area contributed by atoms with E-state index in [1.54, 1.807) is 18.2 Å². The van der Waals surface area contributed by atoms with Crippen molar-refractivity contribution < 1.29 is 14.3 Å². The lowest BCUT2D eigenvalue weighted by Crippen LogP contribution is -2.45. The van der Waals surface area contributed by atoms with Gasteiger partial charge in [-0.25, -0.2) is 0 Å². The van der Waals surface area contributed by atoms with E-state index in [9.17, 15) is 9.59 Å². The first-order chi connectivity index (χ1) is 12.1. The van der Waals surface area contributed by atoms with Crippen LogP contribution in [-0.4, -0.2) is 43.7 Å². The van der Waals surface area contributed by atoms with E-state index in [4.69, 9.17) is 16.3 Å². The maximum Gasteiger partial charge on any atom is 0.254 e. The number of halogens is 2. The first-order valence-corrected chi connectivity index (χ1v) is 9.25. The van der Waals surface area contributed by atoms with Gasteiger partial charge in [-0.05, 0) is 31.0 Å². The molecular formula is C18H25Cl2N3O3. The third-order valence-electron chi connectivity index (χ3n) is 4.64. The molecule has 3 rings (SSSR count). The van der Waals surface area contributed by atoms with Gasteiger partial charge >= 0.3 is 0 Å². The molecule has 1 aromatic carbocycles. The maximum absolute atomic E-state index is 12.5. The highest BCUT2D eigenvalue weighted by atomic mass is 35.5. The quantitative estimate of drug-likeness (QED) is 0.724. The molecule has 144 valence electrons. The number of morpholine rings is 1. The number of amides is 2. The molecule has 8 heteroatoms. The molecule has 1 aliphatic carbocycles. The van der Waals surface area contributed by atoms with Gasteiger partial charge < -0.3 is 20.7 Å². The molecule has 1 heterocycles. The van der Waals surface area contributed by atoms with E-state index in [1.165, 1.54) is 6.42 Å². The fourth-order valence-electron chi connectivity index (χ4n) is 3.24. The molecule has 1 aromatic rings. The number of ether oxygens (including phenoxy) is 1. The zero-order valence-corrected chi connectivity index (χ0v) is 16.1. The normalized spacial score (nSPS) is 20.7. The molecule has 1 saturated heterocycles. The van der Waals surface area contributed by atoms with Gasteiger partial charge in [0.1, 0.15) is 6.10 Å². The van der Waals surface area contributed by atoms with Crippen LogP contribution in [0.2, 0.25) is 5.02 Å². The summed E-state index contributed by atoms with van der Waals surface area (Å²) in [6.45, 7) is 1.73. The monoisotopic (exact) mass is 401 g/mol. The van der Waals surface area contributed by atoms with Gasteiger partial charge in [-0.3, -0.25) is 9.59 Å². The third-order valence-corrected chi connectivity index (χ3v) is 4.97. The molecule has 1 unspecified atom stereocenters. The van der Waals surface area contributed by atoms with Crippen LogP contribution in [0.15, 0.2) is 18.2 Å². The maximum atomic E-state index is 12.5. The van der Waals surface area contributed by atoms with E-state index in [-0.39, 0.29) is 30.3 Å². The number of carbonyl (C=O) groups excluding carboxylic acids is 2. The third kappa shape index (κ3) is 5.58. The Morgan fingerprint density at radius 3 is 2.65 bits per heavy atom. The molecule has 2 amide bonds. The van der Waals surface area contributed by atoms with Crippen molar-refractivity contribution >= 4 is 41.5 Å². The Hall–Kier alpha value is -1.34. The summed E-state index contributed by atoms with van der Waals surface area (Å²) in [5.41, 5.74) is 0.921. The topological polar surface area (TPSA) is 79.5 Å². The second-order valence-electron chi connectivity index (χ2n) is 6.56. The van der Waals surface area contributed by atoms with Crippen molar-refractivity contribution in [3.8, 4) is 0 Å². The number of benzene rings is 1. The van der Waals surface area contributed by atoms with Gasteiger partial charge in [0.2, 0.25) is 0 Å².